The van der Waals surface area contributed by atoms with E-state index in [4.69, 9.17) is 9.47 Å². The molecule has 11 heteroatoms. The van der Waals surface area contributed by atoms with Crippen molar-refractivity contribution in [2.24, 2.45) is 0 Å². The highest BCUT2D eigenvalue weighted by Crippen LogP contribution is 2.31. The third-order valence-corrected chi connectivity index (χ3v) is 4.14. The van der Waals surface area contributed by atoms with Gasteiger partial charge < -0.3 is 14.4 Å². The molecule has 0 aromatic heterocycles. The van der Waals surface area contributed by atoms with Crippen molar-refractivity contribution >= 4 is 23.4 Å². The van der Waals surface area contributed by atoms with Crippen LogP contribution in [0.5, 0.6) is 5.75 Å². The third-order valence-electron chi connectivity index (χ3n) is 4.14. The summed E-state index contributed by atoms with van der Waals surface area (Å²) in [6, 6.07) is 9.60. The molecule has 0 N–H and O–H groups in total. The minimum Gasteiger partial charge on any atom is -0.444 e. The van der Waals surface area contributed by atoms with Gasteiger partial charge in [-0.15, -0.1) is 0 Å². The van der Waals surface area contributed by atoms with Crippen molar-refractivity contribution in [1.29, 1.82) is 0 Å². The number of esters is 1. The topological polar surface area (TPSA) is 142 Å². The van der Waals surface area contributed by atoms with E-state index in [-0.39, 0.29) is 13.0 Å². The van der Waals surface area contributed by atoms with Crippen molar-refractivity contribution in [3.63, 3.8) is 0 Å². The average molecular weight is 445 g/mol. The molecule has 0 spiro atoms. The summed E-state index contributed by atoms with van der Waals surface area (Å²) in [5, 5.41) is 22.1. The van der Waals surface area contributed by atoms with Crippen LogP contribution in [-0.4, -0.2) is 39.5 Å². The van der Waals surface area contributed by atoms with Gasteiger partial charge in [-0.3, -0.25) is 25.0 Å². The summed E-state index contributed by atoms with van der Waals surface area (Å²) in [5.41, 5.74) is -0.625. The van der Waals surface area contributed by atoms with Crippen LogP contribution in [0.3, 0.4) is 0 Å². The van der Waals surface area contributed by atoms with Gasteiger partial charge in [0.05, 0.1) is 22.3 Å². The second-order valence-corrected chi connectivity index (χ2v) is 7.92. The second kappa shape index (κ2) is 9.86. The molecular formula is C21H23N3O8. The Bertz CT molecular complexity index is 1050. The molecule has 2 rings (SSSR count). The normalized spacial score (nSPS) is 10.9. The fraction of sp³-hybridized carbons (Fsp3) is 0.333. The molecule has 0 saturated carbocycles. The van der Waals surface area contributed by atoms with Crippen LogP contribution in [0.2, 0.25) is 0 Å². The Kier molecular flexibility index (Phi) is 7.47. The minimum atomic E-state index is -0.862. The highest BCUT2D eigenvalue weighted by Gasteiger charge is 2.24. The van der Waals surface area contributed by atoms with Crippen molar-refractivity contribution < 1.29 is 28.9 Å². The first-order chi connectivity index (χ1) is 14.9. The summed E-state index contributed by atoms with van der Waals surface area (Å²) < 4.78 is 10.4. The number of amides is 1. The van der Waals surface area contributed by atoms with Gasteiger partial charge >= 0.3 is 17.7 Å². The zero-order chi connectivity index (χ0) is 24.1. The summed E-state index contributed by atoms with van der Waals surface area (Å²) in [6.45, 7) is 5.41. The zero-order valence-corrected chi connectivity index (χ0v) is 18.1. The summed E-state index contributed by atoms with van der Waals surface area (Å²) in [4.78, 5) is 46.4. The molecule has 0 heterocycles. The number of nitrogens with zero attached hydrogens (tertiary/aromatic N) is 3. The van der Waals surface area contributed by atoms with Gasteiger partial charge in [0, 0.05) is 19.7 Å². The Morgan fingerprint density at radius 1 is 1.00 bits per heavy atom. The number of rotatable bonds is 7. The van der Waals surface area contributed by atoms with Gasteiger partial charge in [-0.2, -0.15) is 0 Å². The molecule has 0 aliphatic rings. The molecule has 0 atom stereocenters. The quantitative estimate of drug-likeness (QED) is 0.269. The maximum Gasteiger partial charge on any atom is 0.410 e. The monoisotopic (exact) mass is 445 g/mol. The smallest absolute Gasteiger partial charge is 0.410 e. The van der Waals surface area contributed by atoms with Crippen LogP contribution in [0, 0.1) is 20.2 Å². The summed E-state index contributed by atoms with van der Waals surface area (Å²) in [5.74, 6) is -1.19. The Balaban J connectivity index is 2.16. The van der Waals surface area contributed by atoms with E-state index in [1.54, 1.807) is 52.1 Å². The number of nitro groups is 2. The first-order valence-corrected chi connectivity index (χ1v) is 9.52. The fourth-order valence-corrected chi connectivity index (χ4v) is 2.71. The van der Waals surface area contributed by atoms with Crippen LogP contribution in [-0.2, 0) is 22.5 Å². The van der Waals surface area contributed by atoms with Crippen molar-refractivity contribution in [1.82, 2.24) is 4.90 Å². The molecule has 0 saturated heterocycles. The van der Waals surface area contributed by atoms with Gasteiger partial charge in [-0.25, -0.2) is 4.79 Å². The average Bonchev–Trinajstić information content (AvgIpc) is 2.68. The molecule has 0 aliphatic carbocycles. The lowest BCUT2D eigenvalue weighted by Crippen LogP contribution is -2.34. The Morgan fingerprint density at radius 3 is 2.19 bits per heavy atom. The SMILES string of the molecule is CN(Cc1ccccc1CC(=O)Oc1ccc([N+](=O)[O-])cc1[N+](=O)[O-])C(=O)OC(C)(C)C. The number of carbonyl (C=O) groups excluding carboxylic acids is 2. The zero-order valence-electron chi connectivity index (χ0n) is 18.1. The first-order valence-electron chi connectivity index (χ1n) is 9.52. The first kappa shape index (κ1) is 24.3. The van der Waals surface area contributed by atoms with Gasteiger partial charge in [0.15, 0.2) is 0 Å². The third kappa shape index (κ3) is 6.76. The number of non-ortho nitro benzene ring substituents is 1. The molecule has 170 valence electrons. The largest absolute Gasteiger partial charge is 0.444 e. The van der Waals surface area contributed by atoms with Crippen molar-refractivity contribution in [2.45, 2.75) is 39.3 Å². The van der Waals surface area contributed by atoms with Crippen molar-refractivity contribution in [3.8, 4) is 5.75 Å². The maximum atomic E-state index is 12.5. The molecule has 11 nitrogen and oxygen atoms in total. The lowest BCUT2D eigenvalue weighted by Gasteiger charge is -2.25. The standard InChI is InChI=1S/C21H23N3O8/c1-21(2,3)32-20(26)22(4)13-15-8-6-5-7-14(15)11-19(25)31-18-10-9-16(23(27)28)12-17(18)24(29)30/h5-10,12H,11,13H2,1-4H3. The van der Waals surface area contributed by atoms with Crippen molar-refractivity contribution in [2.75, 3.05) is 7.05 Å². The lowest BCUT2D eigenvalue weighted by atomic mass is 10.0. The number of ether oxygens (including phenoxy) is 2. The number of carbonyl (C=O) groups is 2. The molecule has 1 amide bonds. The van der Waals surface area contributed by atoms with Crippen LogP contribution in [0.1, 0.15) is 31.9 Å². The molecule has 0 unspecified atom stereocenters. The van der Waals surface area contributed by atoms with Crippen LogP contribution >= 0.6 is 0 Å². The molecule has 0 radical (unpaired) electrons. The number of benzene rings is 2. The van der Waals surface area contributed by atoms with Crippen LogP contribution < -0.4 is 4.74 Å². The van der Waals surface area contributed by atoms with Gasteiger partial charge in [0.2, 0.25) is 5.75 Å². The molecule has 2 aromatic carbocycles. The summed E-state index contributed by atoms with van der Waals surface area (Å²) >= 11 is 0. The Hall–Kier alpha value is -4.02. The molecular weight excluding hydrogens is 422 g/mol. The van der Waals surface area contributed by atoms with Crippen molar-refractivity contribution in [3.05, 3.63) is 73.8 Å². The van der Waals surface area contributed by atoms with Crippen LogP contribution in [0.4, 0.5) is 16.2 Å². The predicted octanol–water partition coefficient (Wildman–Crippen LogP) is 4.02. The predicted molar refractivity (Wildman–Crippen MR) is 113 cm³/mol. The van der Waals surface area contributed by atoms with Gasteiger partial charge in [-0.05, 0) is 38.0 Å². The fourth-order valence-electron chi connectivity index (χ4n) is 2.71. The van der Waals surface area contributed by atoms with E-state index in [1.165, 1.54) is 4.90 Å². The molecule has 0 bridgehead atoms. The van der Waals surface area contributed by atoms with E-state index in [1.807, 2.05) is 0 Å². The van der Waals surface area contributed by atoms with Crippen LogP contribution in [0.15, 0.2) is 42.5 Å². The van der Waals surface area contributed by atoms with Crippen LogP contribution in [0.25, 0.3) is 0 Å². The summed E-state index contributed by atoms with van der Waals surface area (Å²) in [6.07, 6.45) is -0.761. The van der Waals surface area contributed by atoms with E-state index in [0.717, 1.165) is 18.2 Å². The molecule has 32 heavy (non-hydrogen) atoms. The number of hydrogen-bond acceptors (Lipinski definition) is 8. The molecule has 0 aliphatic heterocycles. The highest BCUT2D eigenvalue weighted by atomic mass is 16.6. The Labute approximate surface area is 183 Å². The van der Waals surface area contributed by atoms with E-state index in [9.17, 15) is 29.8 Å². The Morgan fingerprint density at radius 2 is 1.62 bits per heavy atom. The summed E-state index contributed by atoms with van der Waals surface area (Å²) in [7, 11) is 1.56. The van der Waals surface area contributed by atoms with E-state index in [2.05, 4.69) is 0 Å². The number of nitro benzene ring substituents is 2. The maximum absolute atomic E-state index is 12.5. The molecule has 2 aromatic rings. The van der Waals surface area contributed by atoms with Gasteiger partial charge in [0.1, 0.15) is 5.60 Å². The lowest BCUT2D eigenvalue weighted by molar-refractivity contribution is -0.394. The molecule has 0 fully saturated rings. The second-order valence-electron chi connectivity index (χ2n) is 7.92. The van der Waals surface area contributed by atoms with Gasteiger partial charge in [-0.1, -0.05) is 24.3 Å². The van der Waals surface area contributed by atoms with E-state index in [0.29, 0.717) is 11.1 Å². The van der Waals surface area contributed by atoms with Gasteiger partial charge in [0.25, 0.3) is 5.69 Å². The highest BCUT2D eigenvalue weighted by molar-refractivity contribution is 5.77. The number of hydrogen-bond donors (Lipinski definition) is 0. The van der Waals surface area contributed by atoms with E-state index < -0.39 is 44.6 Å². The van der Waals surface area contributed by atoms with E-state index >= 15 is 0 Å². The minimum absolute atomic E-state index is 0.163.